The van der Waals surface area contributed by atoms with Gasteiger partial charge in [0.05, 0.1) is 5.69 Å². The normalized spacial score (nSPS) is 22.8. The molecule has 6 heteroatoms. The van der Waals surface area contributed by atoms with Gasteiger partial charge in [0.1, 0.15) is 11.8 Å². The molecule has 0 bridgehead atoms. The van der Waals surface area contributed by atoms with Crippen LogP contribution in [0.1, 0.15) is 49.1 Å². The van der Waals surface area contributed by atoms with Gasteiger partial charge in [-0.05, 0) is 33.1 Å². The minimum atomic E-state index is -0.862. The first-order valence-corrected chi connectivity index (χ1v) is 7.89. The summed E-state index contributed by atoms with van der Waals surface area (Å²) < 4.78 is 5.09. The van der Waals surface area contributed by atoms with Crippen molar-refractivity contribution in [3.05, 3.63) is 17.0 Å². The molecule has 1 aliphatic carbocycles. The van der Waals surface area contributed by atoms with Crippen LogP contribution < -0.4 is 0 Å². The lowest BCUT2D eigenvalue weighted by Gasteiger charge is -2.53. The first kappa shape index (κ1) is 15.1. The van der Waals surface area contributed by atoms with Crippen LogP contribution in [0, 0.1) is 19.3 Å². The molecule has 0 radical (unpaired) electrons. The van der Waals surface area contributed by atoms with Crippen molar-refractivity contribution in [2.24, 2.45) is 5.41 Å². The van der Waals surface area contributed by atoms with Crippen LogP contribution in [0.15, 0.2) is 4.52 Å². The summed E-state index contributed by atoms with van der Waals surface area (Å²) in [5.74, 6) is -0.209. The second kappa shape index (κ2) is 5.41. The average Bonchev–Trinajstić information content (AvgIpc) is 3.03. The van der Waals surface area contributed by atoms with Gasteiger partial charge in [0.2, 0.25) is 5.91 Å². The van der Waals surface area contributed by atoms with Crippen LogP contribution >= 0.6 is 0 Å². The van der Waals surface area contributed by atoms with Crippen molar-refractivity contribution in [2.75, 3.05) is 6.54 Å². The predicted molar refractivity (Wildman–Crippen MR) is 78.3 cm³/mol. The number of rotatable bonds is 4. The van der Waals surface area contributed by atoms with Crippen LogP contribution in [0.25, 0.3) is 0 Å². The molecule has 22 heavy (non-hydrogen) atoms. The molecular weight excluding hydrogens is 284 g/mol. The van der Waals surface area contributed by atoms with Gasteiger partial charge < -0.3 is 14.5 Å². The third-order valence-electron chi connectivity index (χ3n) is 5.30. The first-order valence-electron chi connectivity index (χ1n) is 7.89. The summed E-state index contributed by atoms with van der Waals surface area (Å²) in [6, 6.07) is -0.632. The van der Waals surface area contributed by atoms with Gasteiger partial charge in [-0.3, -0.25) is 4.79 Å². The quantitative estimate of drug-likeness (QED) is 0.920. The van der Waals surface area contributed by atoms with Gasteiger partial charge in [0.15, 0.2) is 0 Å². The van der Waals surface area contributed by atoms with E-state index in [1.54, 1.807) is 4.90 Å². The zero-order valence-corrected chi connectivity index (χ0v) is 13.1. The molecule has 2 heterocycles. The number of hydrogen-bond acceptors (Lipinski definition) is 4. The molecule has 1 aliphatic heterocycles. The maximum Gasteiger partial charge on any atom is 0.327 e. The smallest absolute Gasteiger partial charge is 0.327 e. The second-order valence-electron chi connectivity index (χ2n) is 6.63. The minimum absolute atomic E-state index is 0.0788. The van der Waals surface area contributed by atoms with Gasteiger partial charge >= 0.3 is 5.97 Å². The van der Waals surface area contributed by atoms with Gasteiger partial charge in [-0.25, -0.2) is 4.79 Å². The van der Waals surface area contributed by atoms with Crippen molar-refractivity contribution in [3.63, 3.8) is 0 Å². The number of likely N-dealkylation sites (tertiary alicyclic amines) is 1. The predicted octanol–water partition coefficient (Wildman–Crippen LogP) is 2.08. The van der Waals surface area contributed by atoms with Gasteiger partial charge in [0, 0.05) is 23.9 Å². The lowest BCUT2D eigenvalue weighted by Crippen LogP contribution is -2.68. The first-order chi connectivity index (χ1) is 10.4. The lowest BCUT2D eigenvalue weighted by atomic mass is 9.70. The number of carboxylic acid groups (broad SMARTS) is 1. The Morgan fingerprint density at radius 2 is 2.05 bits per heavy atom. The Hall–Kier alpha value is -1.85. The SMILES string of the molecule is Cc1noc(C)c1CCC(=O)N1CC2(CCCC2)[C@H]1C(=O)O. The lowest BCUT2D eigenvalue weighted by molar-refractivity contribution is -0.175. The zero-order chi connectivity index (χ0) is 15.9. The molecule has 1 N–H and O–H groups in total. The van der Waals surface area contributed by atoms with Crippen LogP contribution in [0.2, 0.25) is 0 Å². The van der Waals surface area contributed by atoms with Crippen LogP contribution in [-0.4, -0.2) is 39.6 Å². The molecule has 6 nitrogen and oxygen atoms in total. The third kappa shape index (κ3) is 2.30. The fourth-order valence-corrected chi connectivity index (χ4v) is 4.11. The monoisotopic (exact) mass is 306 g/mol. The molecule has 1 amide bonds. The molecule has 2 aliphatic rings. The Bertz CT molecular complexity index is 582. The molecule has 2 fully saturated rings. The summed E-state index contributed by atoms with van der Waals surface area (Å²) in [5.41, 5.74) is 1.59. The molecule has 1 saturated carbocycles. The van der Waals surface area contributed by atoms with Crippen LogP contribution in [0.3, 0.4) is 0 Å². The Morgan fingerprint density at radius 1 is 1.36 bits per heavy atom. The molecule has 1 spiro atoms. The Balaban J connectivity index is 1.64. The maximum atomic E-state index is 12.4. The van der Waals surface area contributed by atoms with Crippen LogP contribution in [0.5, 0.6) is 0 Å². The molecule has 1 atom stereocenters. The molecule has 0 aromatic carbocycles. The number of carboxylic acids is 1. The molecular formula is C16H22N2O4. The van der Waals surface area contributed by atoms with E-state index in [1.165, 1.54) is 0 Å². The second-order valence-corrected chi connectivity index (χ2v) is 6.63. The van der Waals surface area contributed by atoms with Crippen molar-refractivity contribution in [1.82, 2.24) is 10.1 Å². The van der Waals surface area contributed by atoms with Crippen molar-refractivity contribution in [1.29, 1.82) is 0 Å². The molecule has 1 saturated heterocycles. The molecule has 1 aromatic heterocycles. The summed E-state index contributed by atoms with van der Waals surface area (Å²) in [6.07, 6.45) is 4.86. The fraction of sp³-hybridized carbons (Fsp3) is 0.688. The summed E-state index contributed by atoms with van der Waals surface area (Å²) in [4.78, 5) is 25.5. The molecule has 120 valence electrons. The number of amides is 1. The van der Waals surface area contributed by atoms with E-state index in [9.17, 15) is 14.7 Å². The summed E-state index contributed by atoms with van der Waals surface area (Å²) in [5, 5.41) is 13.4. The van der Waals surface area contributed by atoms with E-state index in [2.05, 4.69) is 5.16 Å². The standard InChI is InChI=1S/C16H22N2O4/c1-10-12(11(2)22-17-10)5-6-13(19)18-9-16(7-3-4-8-16)14(18)15(20)21/h14H,3-9H2,1-2H3,(H,20,21)/t14-/m1/s1. The van der Waals surface area contributed by atoms with Crippen molar-refractivity contribution in [2.45, 2.75) is 58.4 Å². The van der Waals surface area contributed by atoms with Crippen LogP contribution in [0.4, 0.5) is 0 Å². The van der Waals surface area contributed by atoms with Gasteiger partial charge in [-0.2, -0.15) is 0 Å². The van der Waals surface area contributed by atoms with E-state index in [0.717, 1.165) is 42.7 Å². The molecule has 0 unspecified atom stereocenters. The van der Waals surface area contributed by atoms with Gasteiger partial charge in [0.25, 0.3) is 0 Å². The number of hydrogen-bond donors (Lipinski definition) is 1. The van der Waals surface area contributed by atoms with E-state index in [1.807, 2.05) is 13.8 Å². The largest absolute Gasteiger partial charge is 0.480 e. The molecule has 3 rings (SSSR count). The van der Waals surface area contributed by atoms with Crippen molar-refractivity contribution >= 4 is 11.9 Å². The summed E-state index contributed by atoms with van der Waals surface area (Å²) in [7, 11) is 0. The fourth-order valence-electron chi connectivity index (χ4n) is 4.11. The van der Waals surface area contributed by atoms with E-state index in [0.29, 0.717) is 19.4 Å². The highest BCUT2D eigenvalue weighted by Crippen LogP contribution is 2.50. The van der Waals surface area contributed by atoms with Crippen molar-refractivity contribution in [3.8, 4) is 0 Å². The van der Waals surface area contributed by atoms with Gasteiger partial charge in [-0.15, -0.1) is 0 Å². The van der Waals surface area contributed by atoms with E-state index in [4.69, 9.17) is 4.52 Å². The Morgan fingerprint density at radius 3 is 2.59 bits per heavy atom. The third-order valence-corrected chi connectivity index (χ3v) is 5.30. The maximum absolute atomic E-state index is 12.4. The summed E-state index contributed by atoms with van der Waals surface area (Å²) >= 11 is 0. The number of carbonyl (C=O) groups excluding carboxylic acids is 1. The number of aromatic nitrogens is 1. The van der Waals surface area contributed by atoms with Gasteiger partial charge in [-0.1, -0.05) is 18.0 Å². The minimum Gasteiger partial charge on any atom is -0.480 e. The molecule has 1 aromatic rings. The number of aryl methyl sites for hydroxylation is 2. The zero-order valence-electron chi connectivity index (χ0n) is 13.1. The highest BCUT2D eigenvalue weighted by atomic mass is 16.5. The topological polar surface area (TPSA) is 83.6 Å². The van der Waals surface area contributed by atoms with E-state index < -0.39 is 12.0 Å². The van der Waals surface area contributed by atoms with E-state index >= 15 is 0 Å². The highest BCUT2D eigenvalue weighted by molar-refractivity contribution is 5.86. The van der Waals surface area contributed by atoms with E-state index in [-0.39, 0.29) is 11.3 Å². The Kier molecular flexibility index (Phi) is 3.70. The average molecular weight is 306 g/mol. The number of aliphatic carboxylic acids is 1. The van der Waals surface area contributed by atoms with Crippen LogP contribution in [-0.2, 0) is 16.0 Å². The summed E-state index contributed by atoms with van der Waals surface area (Å²) in [6.45, 7) is 4.29. The Labute approximate surface area is 129 Å². The highest BCUT2D eigenvalue weighted by Gasteiger charge is 2.58. The number of carbonyl (C=O) groups is 2. The number of nitrogens with zero attached hydrogens (tertiary/aromatic N) is 2. The van der Waals surface area contributed by atoms with Crippen molar-refractivity contribution < 1.29 is 19.2 Å².